The fourth-order valence-corrected chi connectivity index (χ4v) is 2.75. The first-order chi connectivity index (χ1) is 9.74. The summed E-state index contributed by atoms with van der Waals surface area (Å²) in [5.41, 5.74) is 1.88. The average Bonchev–Trinajstić information content (AvgIpc) is 2.49. The lowest BCUT2D eigenvalue weighted by atomic mass is 9.99. The minimum absolute atomic E-state index is 0. The fourth-order valence-electron chi connectivity index (χ4n) is 2.75. The molecule has 1 atom stereocenters. The van der Waals surface area contributed by atoms with Crippen LogP contribution in [0.25, 0.3) is 0 Å². The van der Waals surface area contributed by atoms with E-state index in [1.165, 1.54) is 0 Å². The number of halogens is 2. The summed E-state index contributed by atoms with van der Waals surface area (Å²) in [6.45, 7) is 3.38. The number of carbonyl (C=O) groups excluding carboxylic acids is 1. The number of anilines is 2. The van der Waals surface area contributed by atoms with Crippen molar-refractivity contribution in [3.05, 3.63) is 18.2 Å². The Bertz CT molecular complexity index is 508. The van der Waals surface area contributed by atoms with E-state index in [1.807, 2.05) is 25.2 Å². The third kappa shape index (κ3) is 4.18. The summed E-state index contributed by atoms with van der Waals surface area (Å²) in [4.78, 5) is 14.4. The quantitative estimate of drug-likeness (QED) is 0.861. The van der Waals surface area contributed by atoms with Crippen molar-refractivity contribution in [3.63, 3.8) is 0 Å². The van der Waals surface area contributed by atoms with E-state index in [2.05, 4.69) is 15.5 Å². The van der Waals surface area contributed by atoms with Crippen LogP contribution in [-0.4, -0.2) is 39.2 Å². The number of hydrogen-bond acceptors (Lipinski definition) is 4. The highest BCUT2D eigenvalue weighted by atomic mass is 35.5. The number of carbonyl (C=O) groups is 1. The summed E-state index contributed by atoms with van der Waals surface area (Å²) in [6, 6.07) is 5.83. The van der Waals surface area contributed by atoms with Crippen LogP contribution < -0.4 is 20.3 Å². The summed E-state index contributed by atoms with van der Waals surface area (Å²) in [5.74, 6) is 1.07. The molecule has 0 bridgehead atoms. The molecule has 1 fully saturated rings. The molecule has 0 radical (unpaired) electrons. The first kappa shape index (κ1) is 18.9. The van der Waals surface area contributed by atoms with Gasteiger partial charge in [0.15, 0.2) is 0 Å². The van der Waals surface area contributed by atoms with Crippen LogP contribution in [0.3, 0.4) is 0 Å². The van der Waals surface area contributed by atoms with Crippen molar-refractivity contribution in [2.45, 2.75) is 12.8 Å². The molecule has 22 heavy (non-hydrogen) atoms. The SMILES string of the molecule is CN1CCOc2ccc(NC(=O)C3CCCNC3)cc21.Cl.Cl. The zero-order valence-electron chi connectivity index (χ0n) is 12.6. The molecule has 7 heteroatoms. The van der Waals surface area contributed by atoms with Crippen molar-refractivity contribution in [1.29, 1.82) is 0 Å². The summed E-state index contributed by atoms with van der Waals surface area (Å²) < 4.78 is 5.61. The van der Waals surface area contributed by atoms with Gasteiger partial charge in [0, 0.05) is 19.3 Å². The molecule has 3 rings (SSSR count). The van der Waals surface area contributed by atoms with E-state index >= 15 is 0 Å². The zero-order valence-corrected chi connectivity index (χ0v) is 14.3. The van der Waals surface area contributed by atoms with E-state index < -0.39 is 0 Å². The molecule has 5 nitrogen and oxygen atoms in total. The lowest BCUT2D eigenvalue weighted by Gasteiger charge is -2.28. The molecule has 1 unspecified atom stereocenters. The summed E-state index contributed by atoms with van der Waals surface area (Å²) in [5, 5.41) is 6.29. The van der Waals surface area contributed by atoms with Crippen LogP contribution in [0.15, 0.2) is 18.2 Å². The molecule has 0 saturated carbocycles. The van der Waals surface area contributed by atoms with Crippen LogP contribution in [0.4, 0.5) is 11.4 Å². The number of amides is 1. The number of likely N-dealkylation sites (N-methyl/N-ethyl adjacent to an activating group) is 1. The van der Waals surface area contributed by atoms with E-state index in [0.29, 0.717) is 6.61 Å². The zero-order chi connectivity index (χ0) is 13.9. The highest BCUT2D eigenvalue weighted by Crippen LogP contribution is 2.33. The van der Waals surface area contributed by atoms with E-state index in [1.54, 1.807) is 0 Å². The second-order valence-electron chi connectivity index (χ2n) is 5.49. The molecule has 1 saturated heterocycles. The predicted octanol–water partition coefficient (Wildman–Crippen LogP) is 2.30. The second-order valence-corrected chi connectivity index (χ2v) is 5.49. The number of nitrogens with one attached hydrogen (secondary N) is 2. The van der Waals surface area contributed by atoms with Gasteiger partial charge in [-0.05, 0) is 37.6 Å². The lowest BCUT2D eigenvalue weighted by Crippen LogP contribution is -2.37. The standard InChI is InChI=1S/C15H21N3O2.2ClH/c1-18-7-8-20-14-5-4-12(9-13(14)18)17-15(19)11-3-2-6-16-10-11;;/h4-5,9,11,16H,2-3,6-8,10H2,1H3,(H,17,19);2*1H. The van der Waals surface area contributed by atoms with Gasteiger partial charge in [0.05, 0.1) is 18.2 Å². The Hall–Kier alpha value is -1.17. The van der Waals surface area contributed by atoms with Crippen molar-refractivity contribution in [2.24, 2.45) is 5.92 Å². The highest BCUT2D eigenvalue weighted by Gasteiger charge is 2.22. The maximum absolute atomic E-state index is 12.2. The molecule has 2 aliphatic rings. The predicted molar refractivity (Wildman–Crippen MR) is 93.9 cm³/mol. The number of fused-ring (bicyclic) bond motifs is 1. The fraction of sp³-hybridized carbons (Fsp3) is 0.533. The number of ether oxygens (including phenoxy) is 1. The smallest absolute Gasteiger partial charge is 0.228 e. The largest absolute Gasteiger partial charge is 0.490 e. The Morgan fingerprint density at radius 1 is 1.41 bits per heavy atom. The molecule has 2 N–H and O–H groups in total. The summed E-state index contributed by atoms with van der Waals surface area (Å²) >= 11 is 0. The van der Waals surface area contributed by atoms with Crippen LogP contribution >= 0.6 is 24.8 Å². The first-order valence-electron chi connectivity index (χ1n) is 7.23. The van der Waals surface area contributed by atoms with Crippen molar-refractivity contribution in [2.75, 3.05) is 43.5 Å². The van der Waals surface area contributed by atoms with E-state index in [0.717, 1.165) is 49.6 Å². The summed E-state index contributed by atoms with van der Waals surface area (Å²) in [6.07, 6.45) is 2.03. The van der Waals surface area contributed by atoms with Crippen LogP contribution in [0.2, 0.25) is 0 Å². The van der Waals surface area contributed by atoms with Gasteiger partial charge >= 0.3 is 0 Å². The highest BCUT2D eigenvalue weighted by molar-refractivity contribution is 5.93. The van der Waals surface area contributed by atoms with Gasteiger partial charge in [0.2, 0.25) is 5.91 Å². The van der Waals surface area contributed by atoms with Gasteiger partial charge in [-0.2, -0.15) is 0 Å². The molecular weight excluding hydrogens is 325 g/mol. The summed E-state index contributed by atoms with van der Waals surface area (Å²) in [7, 11) is 2.04. The Balaban J connectivity index is 0.00000121. The van der Waals surface area contributed by atoms with Gasteiger partial charge in [-0.1, -0.05) is 0 Å². The van der Waals surface area contributed by atoms with Gasteiger partial charge in [-0.3, -0.25) is 4.79 Å². The van der Waals surface area contributed by atoms with E-state index in [4.69, 9.17) is 4.74 Å². The second kappa shape index (κ2) is 8.46. The third-order valence-corrected chi connectivity index (χ3v) is 3.99. The molecule has 0 aromatic heterocycles. The minimum atomic E-state index is 0. The topological polar surface area (TPSA) is 53.6 Å². The average molecular weight is 348 g/mol. The molecule has 2 heterocycles. The van der Waals surface area contributed by atoms with Gasteiger partial charge in [-0.15, -0.1) is 24.8 Å². The van der Waals surface area contributed by atoms with Gasteiger partial charge in [-0.25, -0.2) is 0 Å². The molecule has 0 aliphatic carbocycles. The number of piperidine rings is 1. The Morgan fingerprint density at radius 3 is 2.95 bits per heavy atom. The number of nitrogens with zero attached hydrogens (tertiary/aromatic N) is 1. The number of rotatable bonds is 2. The van der Waals surface area contributed by atoms with Crippen LogP contribution in [0.1, 0.15) is 12.8 Å². The molecular formula is C15H23Cl2N3O2. The Kier molecular flexibility index (Phi) is 7.26. The molecule has 124 valence electrons. The molecule has 2 aliphatic heterocycles. The Morgan fingerprint density at radius 2 is 2.23 bits per heavy atom. The van der Waals surface area contributed by atoms with E-state index in [9.17, 15) is 4.79 Å². The maximum Gasteiger partial charge on any atom is 0.228 e. The van der Waals surface area contributed by atoms with Crippen molar-refractivity contribution >= 4 is 42.1 Å². The van der Waals surface area contributed by atoms with Gasteiger partial charge < -0.3 is 20.3 Å². The molecule has 0 spiro atoms. The van der Waals surface area contributed by atoms with Crippen LogP contribution in [0.5, 0.6) is 5.75 Å². The monoisotopic (exact) mass is 347 g/mol. The molecule has 1 aromatic carbocycles. The number of benzene rings is 1. The third-order valence-electron chi connectivity index (χ3n) is 3.99. The van der Waals surface area contributed by atoms with Gasteiger partial charge in [0.1, 0.15) is 12.4 Å². The number of hydrogen-bond donors (Lipinski definition) is 2. The van der Waals surface area contributed by atoms with Crippen molar-refractivity contribution in [3.8, 4) is 5.75 Å². The van der Waals surface area contributed by atoms with Crippen molar-refractivity contribution < 1.29 is 9.53 Å². The van der Waals surface area contributed by atoms with Crippen molar-refractivity contribution in [1.82, 2.24) is 5.32 Å². The molecule has 1 aromatic rings. The van der Waals surface area contributed by atoms with Gasteiger partial charge in [0.25, 0.3) is 0 Å². The first-order valence-corrected chi connectivity index (χ1v) is 7.23. The van der Waals surface area contributed by atoms with Crippen LogP contribution in [0, 0.1) is 5.92 Å². The lowest BCUT2D eigenvalue weighted by molar-refractivity contribution is -0.120. The normalized spacial score (nSPS) is 19.9. The minimum Gasteiger partial charge on any atom is -0.490 e. The van der Waals surface area contributed by atoms with E-state index in [-0.39, 0.29) is 36.6 Å². The maximum atomic E-state index is 12.2. The molecule has 1 amide bonds. The van der Waals surface area contributed by atoms with Crippen LogP contribution in [-0.2, 0) is 4.79 Å². The Labute approximate surface area is 143 Å².